The number of fused-ring (bicyclic) bond motifs is 1. The van der Waals surface area contributed by atoms with Crippen LogP contribution in [0.15, 0.2) is 28.6 Å². The third kappa shape index (κ3) is 3.23. The number of aromatic nitrogens is 3. The van der Waals surface area contributed by atoms with E-state index in [0.29, 0.717) is 23.4 Å². The minimum atomic E-state index is -0.500. The number of hydrogen-bond acceptors (Lipinski definition) is 5. The van der Waals surface area contributed by atoms with E-state index in [0.717, 1.165) is 5.69 Å². The Morgan fingerprint density at radius 2 is 2.12 bits per heavy atom. The van der Waals surface area contributed by atoms with E-state index >= 15 is 0 Å². The van der Waals surface area contributed by atoms with E-state index in [2.05, 4.69) is 4.98 Å². The fourth-order valence-electron chi connectivity index (χ4n) is 3.59. The van der Waals surface area contributed by atoms with E-state index in [1.54, 1.807) is 15.9 Å². The monoisotopic (exact) mass is 373 g/mol. The highest BCUT2D eigenvalue weighted by Crippen LogP contribution is 2.34. The summed E-state index contributed by atoms with van der Waals surface area (Å²) in [4.78, 5) is 20.8. The molecule has 0 N–H and O–H groups in total. The Bertz CT molecular complexity index is 992. The van der Waals surface area contributed by atoms with Gasteiger partial charge in [-0.25, -0.2) is 9.37 Å². The quantitative estimate of drug-likeness (QED) is 0.691. The summed E-state index contributed by atoms with van der Waals surface area (Å²) in [6.07, 6.45) is 7.74. The van der Waals surface area contributed by atoms with Crippen molar-refractivity contribution in [2.45, 2.75) is 44.6 Å². The van der Waals surface area contributed by atoms with Gasteiger partial charge in [0.15, 0.2) is 11.6 Å². The first-order valence-electron chi connectivity index (χ1n) is 8.82. The maximum Gasteiger partial charge on any atom is 0.280 e. The second-order valence-electron chi connectivity index (χ2n) is 6.69. The van der Waals surface area contributed by atoms with Crippen LogP contribution in [0.1, 0.15) is 48.7 Å². The molecule has 3 aromatic rings. The number of rotatable bonds is 4. The average molecular weight is 373 g/mol. The van der Waals surface area contributed by atoms with Crippen LogP contribution in [0.5, 0.6) is 5.75 Å². The molecule has 0 spiro atoms. The number of nitrogens with zero attached hydrogens (tertiary/aromatic N) is 3. The SMILES string of the molecule is COc1cc2c(=O)ncn(Cc3csc(C4CCCCC4)n3)c2cc1F. The molecule has 1 aliphatic rings. The van der Waals surface area contributed by atoms with Crippen molar-refractivity contribution in [3.63, 3.8) is 0 Å². The molecule has 0 bridgehead atoms. The van der Waals surface area contributed by atoms with Crippen molar-refractivity contribution < 1.29 is 9.13 Å². The van der Waals surface area contributed by atoms with Gasteiger partial charge in [-0.1, -0.05) is 19.3 Å². The normalized spacial score (nSPS) is 15.5. The van der Waals surface area contributed by atoms with Crippen LogP contribution < -0.4 is 10.3 Å². The number of ether oxygens (including phenoxy) is 1. The van der Waals surface area contributed by atoms with Crippen LogP contribution in [0, 0.1) is 5.82 Å². The zero-order valence-corrected chi connectivity index (χ0v) is 15.4. The summed E-state index contributed by atoms with van der Waals surface area (Å²) >= 11 is 1.69. The van der Waals surface area contributed by atoms with Gasteiger partial charge >= 0.3 is 0 Å². The number of benzene rings is 1. The molecule has 1 saturated carbocycles. The Morgan fingerprint density at radius 3 is 2.88 bits per heavy atom. The summed E-state index contributed by atoms with van der Waals surface area (Å²) in [5.41, 5.74) is 1.02. The van der Waals surface area contributed by atoms with Gasteiger partial charge in [-0.3, -0.25) is 4.79 Å². The van der Waals surface area contributed by atoms with Crippen LogP contribution in [-0.2, 0) is 6.54 Å². The fraction of sp³-hybridized carbons (Fsp3) is 0.421. The smallest absolute Gasteiger partial charge is 0.280 e. The topological polar surface area (TPSA) is 57.0 Å². The Balaban J connectivity index is 1.67. The first-order valence-corrected chi connectivity index (χ1v) is 9.70. The van der Waals surface area contributed by atoms with Crippen molar-refractivity contribution in [1.82, 2.24) is 14.5 Å². The van der Waals surface area contributed by atoms with Gasteiger partial charge in [0.2, 0.25) is 0 Å². The Labute approximate surface area is 154 Å². The Kier molecular flexibility index (Phi) is 4.72. The molecule has 0 aliphatic heterocycles. The predicted octanol–water partition coefficient (Wildman–Crippen LogP) is 4.10. The van der Waals surface area contributed by atoms with Crippen LogP contribution in [0.4, 0.5) is 4.39 Å². The van der Waals surface area contributed by atoms with Crippen molar-refractivity contribution in [2.75, 3.05) is 7.11 Å². The van der Waals surface area contributed by atoms with Crippen molar-refractivity contribution in [3.8, 4) is 5.75 Å². The molecule has 0 amide bonds. The van der Waals surface area contributed by atoms with Crippen molar-refractivity contribution >= 4 is 22.2 Å². The lowest BCUT2D eigenvalue weighted by atomic mass is 9.90. The molecule has 0 radical (unpaired) electrons. The van der Waals surface area contributed by atoms with Crippen molar-refractivity contribution in [3.05, 3.63) is 50.7 Å². The van der Waals surface area contributed by atoms with Crippen molar-refractivity contribution in [2.24, 2.45) is 0 Å². The van der Waals surface area contributed by atoms with Gasteiger partial charge in [0, 0.05) is 17.4 Å². The predicted molar refractivity (Wildman–Crippen MR) is 99.6 cm³/mol. The zero-order valence-electron chi connectivity index (χ0n) is 14.6. The maximum atomic E-state index is 14.1. The van der Waals surface area contributed by atoms with Gasteiger partial charge in [0.1, 0.15) is 0 Å². The van der Waals surface area contributed by atoms with E-state index < -0.39 is 11.4 Å². The highest BCUT2D eigenvalue weighted by atomic mass is 32.1. The molecule has 5 nitrogen and oxygen atoms in total. The summed E-state index contributed by atoms with van der Waals surface area (Å²) in [6.45, 7) is 0.457. The maximum absolute atomic E-state index is 14.1. The third-order valence-electron chi connectivity index (χ3n) is 4.98. The molecule has 1 fully saturated rings. The average Bonchev–Trinajstić information content (AvgIpc) is 3.13. The van der Waals surface area contributed by atoms with E-state index in [-0.39, 0.29) is 5.75 Å². The van der Waals surface area contributed by atoms with E-state index in [4.69, 9.17) is 9.72 Å². The molecular weight excluding hydrogens is 353 g/mol. The summed E-state index contributed by atoms with van der Waals surface area (Å²) in [7, 11) is 1.38. The van der Waals surface area contributed by atoms with Gasteiger partial charge in [-0.05, 0) is 18.9 Å². The molecule has 0 atom stereocenters. The van der Waals surface area contributed by atoms with Crippen LogP contribution in [0.25, 0.3) is 10.9 Å². The van der Waals surface area contributed by atoms with E-state index in [1.807, 2.05) is 5.38 Å². The molecule has 1 aliphatic carbocycles. The molecule has 7 heteroatoms. The van der Waals surface area contributed by atoms with Crippen LogP contribution in [0.2, 0.25) is 0 Å². The largest absolute Gasteiger partial charge is 0.494 e. The Morgan fingerprint density at radius 1 is 1.31 bits per heavy atom. The Hall–Kier alpha value is -2.28. The zero-order chi connectivity index (χ0) is 18.1. The number of thiazole rings is 1. The van der Waals surface area contributed by atoms with Gasteiger partial charge in [0.25, 0.3) is 5.56 Å². The number of halogens is 1. The molecule has 0 saturated heterocycles. The van der Waals surface area contributed by atoms with Gasteiger partial charge < -0.3 is 9.30 Å². The lowest BCUT2D eigenvalue weighted by molar-refractivity contribution is 0.387. The molecule has 4 rings (SSSR count). The molecule has 0 unspecified atom stereocenters. The highest BCUT2D eigenvalue weighted by Gasteiger charge is 2.19. The second-order valence-corrected chi connectivity index (χ2v) is 7.58. The molecule has 2 heterocycles. The van der Waals surface area contributed by atoms with Gasteiger partial charge in [-0.2, -0.15) is 4.98 Å². The number of methoxy groups -OCH3 is 1. The lowest BCUT2D eigenvalue weighted by Crippen LogP contribution is -2.14. The van der Waals surface area contributed by atoms with Gasteiger partial charge in [0.05, 0.1) is 41.6 Å². The number of hydrogen-bond donors (Lipinski definition) is 0. The third-order valence-corrected chi connectivity index (χ3v) is 6.04. The molecule has 136 valence electrons. The standard InChI is InChI=1S/C19H20FN3O2S/c1-25-17-7-14-16(8-15(17)20)23(11-21-18(14)24)9-13-10-26-19(22-13)12-5-3-2-4-6-12/h7-8,10-12H,2-6,9H2,1H3. The highest BCUT2D eigenvalue weighted by molar-refractivity contribution is 7.09. The molecule has 1 aromatic carbocycles. The first kappa shape index (κ1) is 17.1. The summed E-state index contributed by atoms with van der Waals surface area (Å²) in [6, 6.07) is 2.73. The van der Waals surface area contributed by atoms with Crippen LogP contribution in [0.3, 0.4) is 0 Å². The summed E-state index contributed by atoms with van der Waals surface area (Å²) in [5.74, 6) is 0.107. The van der Waals surface area contributed by atoms with Gasteiger partial charge in [-0.15, -0.1) is 11.3 Å². The second kappa shape index (κ2) is 7.15. The minimum absolute atomic E-state index is 0.0439. The molecule has 26 heavy (non-hydrogen) atoms. The minimum Gasteiger partial charge on any atom is -0.494 e. The van der Waals surface area contributed by atoms with Crippen LogP contribution >= 0.6 is 11.3 Å². The summed E-state index contributed by atoms with van der Waals surface area (Å²) < 4.78 is 20.9. The van der Waals surface area contributed by atoms with Crippen molar-refractivity contribution in [1.29, 1.82) is 0 Å². The molecular formula is C19H20FN3O2S. The first-order chi connectivity index (χ1) is 12.7. The van der Waals surface area contributed by atoms with E-state index in [9.17, 15) is 9.18 Å². The molecule has 2 aromatic heterocycles. The summed E-state index contributed by atoms with van der Waals surface area (Å²) in [5, 5.41) is 3.58. The van der Waals surface area contributed by atoms with E-state index in [1.165, 1.54) is 62.7 Å². The fourth-order valence-corrected chi connectivity index (χ4v) is 4.58. The van der Waals surface area contributed by atoms with Crippen LogP contribution in [-0.4, -0.2) is 21.6 Å². The lowest BCUT2D eigenvalue weighted by Gasteiger charge is -2.18.